The van der Waals surface area contributed by atoms with Crippen LogP contribution in [0.5, 0.6) is 0 Å². The van der Waals surface area contributed by atoms with Gasteiger partial charge in [0.25, 0.3) is 0 Å². The molecule has 0 amide bonds. The standard InChI is InChI=1S/C6H7FO3/c1-3-5(4(2)7)10-6(8)9/h1,4-5H,2H3,(H,8,9). The summed E-state index contributed by atoms with van der Waals surface area (Å²) in [5.41, 5.74) is 0. The van der Waals surface area contributed by atoms with Crippen molar-refractivity contribution in [2.75, 3.05) is 0 Å². The van der Waals surface area contributed by atoms with Crippen LogP contribution in [-0.2, 0) is 4.74 Å². The van der Waals surface area contributed by atoms with Crippen molar-refractivity contribution in [3.63, 3.8) is 0 Å². The van der Waals surface area contributed by atoms with E-state index in [0.717, 1.165) is 6.92 Å². The number of halogens is 1. The quantitative estimate of drug-likeness (QED) is 0.467. The molecular formula is C6H7FO3. The second-order valence-electron chi connectivity index (χ2n) is 1.65. The molecule has 0 radical (unpaired) electrons. The average Bonchev–Trinajstić information content (AvgIpc) is 1.81. The first-order chi connectivity index (χ1) is 4.57. The molecule has 56 valence electrons. The summed E-state index contributed by atoms with van der Waals surface area (Å²) in [5, 5.41) is 7.98. The van der Waals surface area contributed by atoms with Gasteiger partial charge in [-0.05, 0) is 6.92 Å². The predicted molar refractivity (Wildman–Crippen MR) is 32.3 cm³/mol. The topological polar surface area (TPSA) is 46.5 Å². The first kappa shape index (κ1) is 8.76. The SMILES string of the molecule is C#CC(OC(=O)O)C(C)F. The minimum Gasteiger partial charge on any atom is -0.450 e. The molecule has 3 nitrogen and oxygen atoms in total. The van der Waals surface area contributed by atoms with Crippen molar-refractivity contribution in [2.24, 2.45) is 0 Å². The van der Waals surface area contributed by atoms with E-state index in [9.17, 15) is 9.18 Å². The third kappa shape index (κ3) is 2.92. The van der Waals surface area contributed by atoms with Gasteiger partial charge in [0.2, 0.25) is 0 Å². The minimum absolute atomic E-state index is 1.13. The molecule has 4 heteroatoms. The van der Waals surface area contributed by atoms with E-state index in [2.05, 4.69) is 4.74 Å². The maximum atomic E-state index is 12.2. The predicted octanol–water partition coefficient (Wildman–Crippen LogP) is 1.04. The molecule has 0 heterocycles. The first-order valence-corrected chi connectivity index (χ1v) is 2.57. The number of carboxylic acid groups (broad SMARTS) is 1. The molecule has 0 aliphatic rings. The van der Waals surface area contributed by atoms with Gasteiger partial charge in [-0.3, -0.25) is 0 Å². The summed E-state index contributed by atoms with van der Waals surface area (Å²) in [5.74, 6) is 1.85. The van der Waals surface area contributed by atoms with Gasteiger partial charge in [0.1, 0.15) is 6.17 Å². The molecule has 0 aromatic carbocycles. The van der Waals surface area contributed by atoms with Gasteiger partial charge in [-0.15, -0.1) is 6.42 Å². The van der Waals surface area contributed by atoms with E-state index in [1.807, 2.05) is 5.92 Å². The molecule has 0 fully saturated rings. The van der Waals surface area contributed by atoms with Crippen molar-refractivity contribution >= 4 is 6.16 Å². The van der Waals surface area contributed by atoms with E-state index in [4.69, 9.17) is 11.5 Å². The summed E-state index contributed by atoms with van der Waals surface area (Å²) in [4.78, 5) is 9.79. The number of hydrogen-bond acceptors (Lipinski definition) is 2. The summed E-state index contributed by atoms with van der Waals surface area (Å²) in [6, 6.07) is 0. The Balaban J connectivity index is 3.87. The zero-order chi connectivity index (χ0) is 8.15. The van der Waals surface area contributed by atoms with Crippen LogP contribution in [-0.4, -0.2) is 23.5 Å². The van der Waals surface area contributed by atoms with E-state index in [1.54, 1.807) is 0 Å². The molecule has 10 heavy (non-hydrogen) atoms. The Bertz CT molecular complexity index is 159. The molecule has 0 aliphatic heterocycles. The summed E-state index contributed by atoms with van der Waals surface area (Å²) >= 11 is 0. The largest absolute Gasteiger partial charge is 0.507 e. The molecule has 0 aliphatic carbocycles. The van der Waals surface area contributed by atoms with Crippen LogP contribution in [0.2, 0.25) is 0 Å². The highest BCUT2D eigenvalue weighted by Gasteiger charge is 2.17. The fourth-order valence-corrected chi connectivity index (χ4v) is 0.369. The average molecular weight is 146 g/mol. The number of carbonyl (C=O) groups is 1. The van der Waals surface area contributed by atoms with E-state index in [0.29, 0.717) is 0 Å². The summed E-state index contributed by atoms with van der Waals surface area (Å²) in [6.07, 6.45) is 0.416. The van der Waals surface area contributed by atoms with Crippen LogP contribution in [0, 0.1) is 12.3 Å². The van der Waals surface area contributed by atoms with Gasteiger partial charge < -0.3 is 9.84 Å². The molecule has 0 saturated heterocycles. The van der Waals surface area contributed by atoms with Crippen LogP contribution < -0.4 is 0 Å². The monoisotopic (exact) mass is 146 g/mol. The van der Waals surface area contributed by atoms with Crippen LogP contribution in [0.1, 0.15) is 6.92 Å². The lowest BCUT2D eigenvalue weighted by Crippen LogP contribution is -2.23. The zero-order valence-electron chi connectivity index (χ0n) is 5.37. The molecule has 0 saturated carbocycles. The third-order valence-corrected chi connectivity index (χ3v) is 0.809. The van der Waals surface area contributed by atoms with E-state index < -0.39 is 18.4 Å². The maximum Gasteiger partial charge on any atom is 0.507 e. The number of terminal acetylenes is 1. The van der Waals surface area contributed by atoms with E-state index in [-0.39, 0.29) is 0 Å². The van der Waals surface area contributed by atoms with Crippen molar-refractivity contribution in [2.45, 2.75) is 19.2 Å². The Morgan fingerprint density at radius 3 is 2.50 bits per heavy atom. The van der Waals surface area contributed by atoms with Crippen molar-refractivity contribution < 1.29 is 19.0 Å². The van der Waals surface area contributed by atoms with Crippen LogP contribution in [0.3, 0.4) is 0 Å². The molecule has 2 atom stereocenters. The fourth-order valence-electron chi connectivity index (χ4n) is 0.369. The Morgan fingerprint density at radius 2 is 2.40 bits per heavy atom. The van der Waals surface area contributed by atoms with Gasteiger partial charge in [-0.25, -0.2) is 9.18 Å². The lowest BCUT2D eigenvalue weighted by atomic mass is 10.3. The van der Waals surface area contributed by atoms with Gasteiger partial charge in [0, 0.05) is 0 Å². The van der Waals surface area contributed by atoms with E-state index in [1.165, 1.54) is 0 Å². The van der Waals surface area contributed by atoms with Crippen molar-refractivity contribution in [1.29, 1.82) is 0 Å². The molecule has 0 rings (SSSR count). The highest BCUT2D eigenvalue weighted by Crippen LogP contribution is 2.01. The maximum absolute atomic E-state index is 12.2. The molecule has 0 bridgehead atoms. The Morgan fingerprint density at radius 1 is 1.90 bits per heavy atom. The number of hydrogen-bond donors (Lipinski definition) is 1. The van der Waals surface area contributed by atoms with Gasteiger partial charge in [-0.2, -0.15) is 0 Å². The highest BCUT2D eigenvalue weighted by molar-refractivity contribution is 5.57. The number of alkyl halides is 1. The summed E-state index contributed by atoms with van der Waals surface area (Å²) in [6.45, 7) is 1.13. The second-order valence-corrected chi connectivity index (χ2v) is 1.65. The molecule has 2 unspecified atom stereocenters. The number of ether oxygens (including phenoxy) is 1. The molecule has 1 N–H and O–H groups in total. The minimum atomic E-state index is -1.56. The van der Waals surface area contributed by atoms with Crippen molar-refractivity contribution in [3.8, 4) is 12.3 Å². The highest BCUT2D eigenvalue weighted by atomic mass is 19.1. The van der Waals surface area contributed by atoms with Crippen LogP contribution in [0.15, 0.2) is 0 Å². The smallest absolute Gasteiger partial charge is 0.450 e. The molecule has 0 aromatic heterocycles. The summed E-state index contributed by atoms with van der Waals surface area (Å²) in [7, 11) is 0. The van der Waals surface area contributed by atoms with Gasteiger partial charge in [0.15, 0.2) is 6.10 Å². The molecule has 0 spiro atoms. The van der Waals surface area contributed by atoms with Gasteiger partial charge in [-0.1, -0.05) is 5.92 Å². The first-order valence-electron chi connectivity index (χ1n) is 2.57. The van der Waals surface area contributed by atoms with Gasteiger partial charge >= 0.3 is 6.16 Å². The van der Waals surface area contributed by atoms with Crippen molar-refractivity contribution in [1.82, 2.24) is 0 Å². The van der Waals surface area contributed by atoms with Gasteiger partial charge in [0.05, 0.1) is 0 Å². The van der Waals surface area contributed by atoms with E-state index >= 15 is 0 Å². The lowest BCUT2D eigenvalue weighted by molar-refractivity contribution is 0.0438. The summed E-state index contributed by atoms with van der Waals surface area (Å²) < 4.78 is 16.2. The Hall–Kier alpha value is -1.24. The lowest BCUT2D eigenvalue weighted by Gasteiger charge is -2.09. The number of rotatable bonds is 2. The fraction of sp³-hybridized carbons (Fsp3) is 0.500. The normalized spacial score (nSPS) is 14.9. The Kier molecular flexibility index (Phi) is 3.26. The van der Waals surface area contributed by atoms with Crippen LogP contribution in [0.4, 0.5) is 9.18 Å². The molecular weight excluding hydrogens is 139 g/mol. The van der Waals surface area contributed by atoms with Crippen molar-refractivity contribution in [3.05, 3.63) is 0 Å². The Labute approximate surface area is 57.8 Å². The second kappa shape index (κ2) is 3.72. The van der Waals surface area contributed by atoms with Crippen LogP contribution in [0.25, 0.3) is 0 Å². The van der Waals surface area contributed by atoms with Crippen LogP contribution >= 0.6 is 0 Å². The zero-order valence-corrected chi connectivity index (χ0v) is 5.37. The third-order valence-electron chi connectivity index (χ3n) is 0.809. The molecule has 0 aromatic rings.